The molecule has 6 heteroatoms. The van der Waals surface area contributed by atoms with Crippen LogP contribution >= 0.6 is 12.2 Å². The number of nitriles is 2. The second-order valence-corrected chi connectivity index (χ2v) is 4.08. The van der Waals surface area contributed by atoms with Gasteiger partial charge in [-0.3, -0.25) is 5.41 Å². The van der Waals surface area contributed by atoms with Crippen molar-refractivity contribution in [2.45, 2.75) is 37.8 Å². The predicted octanol–water partition coefficient (Wildman–Crippen LogP) is 0.829. The molecule has 0 bridgehead atoms. The molecule has 0 aliphatic carbocycles. The Bertz CT molecular complexity index is 364. The fourth-order valence-corrected chi connectivity index (χ4v) is 1.85. The van der Waals surface area contributed by atoms with Crippen LogP contribution in [0.15, 0.2) is 0 Å². The van der Waals surface area contributed by atoms with Crippen molar-refractivity contribution in [3.8, 4) is 12.1 Å². The van der Waals surface area contributed by atoms with Gasteiger partial charge in [-0.15, -0.1) is 0 Å². The summed E-state index contributed by atoms with van der Waals surface area (Å²) in [6, 6.07) is 3.80. The first-order chi connectivity index (χ1) is 7.67. The Labute approximate surface area is 99.9 Å². The van der Waals surface area contributed by atoms with Crippen molar-refractivity contribution >= 4 is 23.0 Å². The molecular weight excluding hydrogens is 222 g/mol. The molecule has 1 aliphatic rings. The minimum Gasteiger partial charge on any atom is -0.374 e. The molecular formula is C10H13N5S. The Morgan fingerprint density at radius 3 is 2.62 bits per heavy atom. The molecule has 16 heavy (non-hydrogen) atoms. The van der Waals surface area contributed by atoms with E-state index >= 15 is 0 Å². The highest BCUT2D eigenvalue weighted by atomic mass is 32.1. The van der Waals surface area contributed by atoms with Gasteiger partial charge in [0.15, 0.2) is 0 Å². The van der Waals surface area contributed by atoms with E-state index in [0.29, 0.717) is 30.1 Å². The van der Waals surface area contributed by atoms with Crippen LogP contribution < -0.4 is 10.6 Å². The summed E-state index contributed by atoms with van der Waals surface area (Å²) in [4.78, 5) is 0.520. The van der Waals surface area contributed by atoms with Crippen LogP contribution in [0.1, 0.15) is 25.7 Å². The zero-order chi connectivity index (χ0) is 12.0. The molecule has 2 atom stereocenters. The van der Waals surface area contributed by atoms with Crippen molar-refractivity contribution in [3.63, 3.8) is 0 Å². The Balaban J connectivity index is 2.70. The third-order valence-electron chi connectivity index (χ3n) is 2.39. The van der Waals surface area contributed by atoms with Gasteiger partial charge in [0.2, 0.25) is 0 Å². The second kappa shape index (κ2) is 6.04. The lowest BCUT2D eigenvalue weighted by Gasteiger charge is -2.27. The smallest absolute Gasteiger partial charge is 0.0993 e. The third kappa shape index (κ3) is 3.48. The van der Waals surface area contributed by atoms with Gasteiger partial charge in [0, 0.05) is 12.5 Å². The van der Waals surface area contributed by atoms with Crippen LogP contribution in [0.25, 0.3) is 0 Å². The fraction of sp³-hybridized carbons (Fsp3) is 0.600. The Morgan fingerprint density at radius 2 is 2.00 bits per heavy atom. The van der Waals surface area contributed by atoms with E-state index in [2.05, 4.69) is 16.7 Å². The van der Waals surface area contributed by atoms with Crippen LogP contribution in [0.2, 0.25) is 0 Å². The van der Waals surface area contributed by atoms with E-state index in [1.54, 1.807) is 0 Å². The topological polar surface area (TPSA) is 95.5 Å². The molecule has 5 nitrogen and oxygen atoms in total. The number of nitrogens with zero attached hydrogens (tertiary/aromatic N) is 2. The second-order valence-electron chi connectivity index (χ2n) is 3.64. The van der Waals surface area contributed by atoms with Gasteiger partial charge in [-0.25, -0.2) is 0 Å². The molecule has 1 aliphatic heterocycles. The summed E-state index contributed by atoms with van der Waals surface area (Å²) in [6.07, 6.45) is 1.88. The van der Waals surface area contributed by atoms with Crippen LogP contribution in [0, 0.1) is 28.1 Å². The first-order valence-corrected chi connectivity index (χ1v) is 5.46. The third-order valence-corrected chi connectivity index (χ3v) is 2.79. The van der Waals surface area contributed by atoms with E-state index in [-0.39, 0.29) is 18.5 Å². The van der Waals surface area contributed by atoms with Crippen LogP contribution in [-0.4, -0.2) is 22.9 Å². The quantitative estimate of drug-likeness (QED) is 0.616. The van der Waals surface area contributed by atoms with Gasteiger partial charge in [-0.05, 0) is 6.42 Å². The summed E-state index contributed by atoms with van der Waals surface area (Å²) in [5.41, 5.74) is 0. The van der Waals surface area contributed by atoms with E-state index in [1.165, 1.54) is 0 Å². The Kier molecular flexibility index (Phi) is 4.68. The molecule has 1 rings (SSSR count). The van der Waals surface area contributed by atoms with Gasteiger partial charge in [-0.1, -0.05) is 12.2 Å². The Morgan fingerprint density at radius 1 is 1.31 bits per heavy atom. The normalized spacial score (nSPS) is 25.4. The summed E-state index contributed by atoms with van der Waals surface area (Å²) < 4.78 is 0. The summed E-state index contributed by atoms with van der Waals surface area (Å²) in [7, 11) is 0. The number of thiocarbonyl (C=S) groups is 1. The molecule has 3 N–H and O–H groups in total. The monoisotopic (exact) mass is 235 g/mol. The zero-order valence-corrected chi connectivity index (χ0v) is 9.60. The average Bonchev–Trinajstić information content (AvgIpc) is 2.24. The van der Waals surface area contributed by atoms with Gasteiger partial charge in [0.1, 0.15) is 0 Å². The maximum absolute atomic E-state index is 8.65. The highest BCUT2D eigenvalue weighted by Crippen LogP contribution is 2.08. The Hall–Kier alpha value is -1.66. The van der Waals surface area contributed by atoms with Gasteiger partial charge >= 0.3 is 0 Å². The van der Waals surface area contributed by atoms with Crippen molar-refractivity contribution in [3.05, 3.63) is 0 Å². The average molecular weight is 235 g/mol. The molecule has 0 saturated carbocycles. The van der Waals surface area contributed by atoms with Gasteiger partial charge in [0.25, 0.3) is 0 Å². The molecule has 84 valence electrons. The summed E-state index contributed by atoms with van der Waals surface area (Å²) in [6.45, 7) is 0. The van der Waals surface area contributed by atoms with E-state index < -0.39 is 0 Å². The van der Waals surface area contributed by atoms with Crippen molar-refractivity contribution < 1.29 is 0 Å². The summed E-state index contributed by atoms with van der Waals surface area (Å²) in [5, 5.41) is 30.9. The minimum atomic E-state index is -0.311. The molecule has 0 amide bonds. The lowest BCUT2D eigenvalue weighted by Crippen LogP contribution is -2.50. The van der Waals surface area contributed by atoms with Gasteiger partial charge in [0.05, 0.1) is 41.8 Å². The van der Waals surface area contributed by atoms with Crippen molar-refractivity contribution in [2.75, 3.05) is 0 Å². The van der Waals surface area contributed by atoms with Crippen LogP contribution in [0.4, 0.5) is 0 Å². The van der Waals surface area contributed by atoms with E-state index in [9.17, 15) is 0 Å². The first kappa shape index (κ1) is 12.4. The van der Waals surface area contributed by atoms with E-state index in [4.69, 9.17) is 28.2 Å². The number of rotatable bonds is 2. The maximum Gasteiger partial charge on any atom is 0.0993 e. The van der Waals surface area contributed by atoms with Gasteiger partial charge < -0.3 is 10.6 Å². The molecule has 0 radical (unpaired) electrons. The number of nitrogens with one attached hydrogen (secondary N) is 3. The lowest BCUT2D eigenvalue weighted by molar-refractivity contribution is 0.551. The number of hydrogen-bond donors (Lipinski definition) is 3. The largest absolute Gasteiger partial charge is 0.374 e. The molecule has 0 aromatic rings. The predicted molar refractivity (Wildman–Crippen MR) is 63.9 cm³/mol. The van der Waals surface area contributed by atoms with Crippen molar-refractivity contribution in [1.29, 1.82) is 15.9 Å². The van der Waals surface area contributed by atoms with Crippen molar-refractivity contribution in [1.82, 2.24) is 10.6 Å². The van der Waals surface area contributed by atoms with Crippen LogP contribution in [-0.2, 0) is 0 Å². The molecule has 1 fully saturated rings. The van der Waals surface area contributed by atoms with Crippen LogP contribution in [0.5, 0.6) is 0 Å². The molecule has 2 unspecified atom stereocenters. The van der Waals surface area contributed by atoms with E-state index in [1.807, 2.05) is 6.07 Å². The zero-order valence-electron chi connectivity index (χ0n) is 8.79. The standard InChI is InChI=1S/C10H13N5S/c11-5-3-7-1-2-9(13)15-8(4-6-12)10(16)14-7/h7-8H,1-4H2,(H2,13,15)(H,14,16). The van der Waals surface area contributed by atoms with Crippen LogP contribution in [0.3, 0.4) is 0 Å². The number of hydrogen-bond acceptors (Lipinski definition) is 4. The van der Waals surface area contributed by atoms with E-state index in [0.717, 1.165) is 0 Å². The SMILES string of the molecule is N#CCC1CCC(=N)NC(CC#N)C(=S)N1. The van der Waals surface area contributed by atoms with Crippen molar-refractivity contribution in [2.24, 2.45) is 0 Å². The van der Waals surface area contributed by atoms with Gasteiger partial charge in [-0.2, -0.15) is 10.5 Å². The maximum atomic E-state index is 8.65. The molecule has 1 heterocycles. The first-order valence-electron chi connectivity index (χ1n) is 5.05. The summed E-state index contributed by atoms with van der Waals surface area (Å²) in [5.74, 6) is 0.382. The molecule has 0 aromatic heterocycles. The highest BCUT2D eigenvalue weighted by Gasteiger charge is 2.22. The minimum absolute atomic E-state index is 0.0128. The molecule has 0 spiro atoms. The number of amidine groups is 1. The highest BCUT2D eigenvalue weighted by molar-refractivity contribution is 7.80. The summed E-state index contributed by atoms with van der Waals surface area (Å²) >= 11 is 5.15. The fourth-order valence-electron chi connectivity index (χ4n) is 1.54. The molecule has 1 saturated heterocycles. The molecule has 0 aromatic carbocycles. The lowest BCUT2D eigenvalue weighted by atomic mass is 10.0.